The maximum absolute atomic E-state index is 9.86. The van der Waals surface area contributed by atoms with Gasteiger partial charge in [0, 0.05) is 16.6 Å². The lowest BCUT2D eigenvalue weighted by Crippen LogP contribution is -2.35. The Labute approximate surface area is 131 Å². The van der Waals surface area contributed by atoms with Crippen molar-refractivity contribution >= 4 is 60.2 Å². The Morgan fingerprint density at radius 2 is 2.00 bits per heavy atom. The molecule has 17 heavy (non-hydrogen) atoms. The van der Waals surface area contributed by atoms with E-state index in [0.29, 0.717) is 15.6 Å². The van der Waals surface area contributed by atoms with E-state index >= 15 is 0 Å². The van der Waals surface area contributed by atoms with Crippen LogP contribution >= 0.6 is 60.2 Å². The summed E-state index contributed by atoms with van der Waals surface area (Å²) < 4.78 is 7.71. The highest BCUT2D eigenvalue weighted by atomic mass is 79.9. The van der Waals surface area contributed by atoms with Crippen molar-refractivity contribution in [1.82, 2.24) is 5.32 Å². The summed E-state index contributed by atoms with van der Waals surface area (Å²) in [6.07, 6.45) is 0. The first-order valence-corrected chi connectivity index (χ1v) is 7.16. The Bertz CT molecular complexity index is 411. The van der Waals surface area contributed by atoms with Gasteiger partial charge in [0.2, 0.25) is 0 Å². The van der Waals surface area contributed by atoms with E-state index in [0.717, 1.165) is 23.2 Å². The molecule has 1 aromatic carbocycles. The van der Waals surface area contributed by atoms with E-state index in [1.54, 1.807) is 0 Å². The number of morpholine rings is 1. The van der Waals surface area contributed by atoms with E-state index in [4.69, 9.17) is 4.74 Å². The van der Waals surface area contributed by atoms with Gasteiger partial charge in [-0.3, -0.25) is 0 Å². The van der Waals surface area contributed by atoms with Gasteiger partial charge in [0.25, 0.3) is 0 Å². The van der Waals surface area contributed by atoms with E-state index in [-0.39, 0.29) is 24.2 Å². The number of hydrogen-bond donors (Lipinski definition) is 2. The molecule has 1 heterocycles. The highest BCUT2D eigenvalue weighted by Gasteiger charge is 2.23. The van der Waals surface area contributed by atoms with Crippen molar-refractivity contribution in [3.05, 3.63) is 25.0 Å². The van der Waals surface area contributed by atoms with Crippen LogP contribution in [0, 0.1) is 0 Å². The molecule has 7 heteroatoms. The lowest BCUT2D eigenvalue weighted by atomic mass is 10.1. The third-order valence-corrected chi connectivity index (χ3v) is 4.51. The average molecular weight is 452 g/mol. The average Bonchev–Trinajstić information content (AvgIpc) is 2.28. The fourth-order valence-corrected chi connectivity index (χ4v) is 4.34. The van der Waals surface area contributed by atoms with Gasteiger partial charge >= 0.3 is 0 Å². The Morgan fingerprint density at radius 1 is 1.29 bits per heavy atom. The summed E-state index contributed by atoms with van der Waals surface area (Å²) in [4.78, 5) is 0. The molecule has 2 N–H and O–H groups in total. The smallest absolute Gasteiger partial charge is 0.144 e. The molecular formula is C10H11Br3ClNO2. The molecule has 0 bridgehead atoms. The van der Waals surface area contributed by atoms with Gasteiger partial charge in [0.05, 0.1) is 28.2 Å². The Hall–Kier alpha value is 0.670. The van der Waals surface area contributed by atoms with Crippen LogP contribution in [-0.2, 0) is 4.74 Å². The zero-order valence-electron chi connectivity index (χ0n) is 8.67. The van der Waals surface area contributed by atoms with Crippen LogP contribution < -0.4 is 5.32 Å². The first-order valence-electron chi connectivity index (χ1n) is 4.78. The number of aromatic hydroxyl groups is 1. The zero-order valence-corrected chi connectivity index (χ0v) is 14.2. The molecule has 3 nitrogen and oxygen atoms in total. The van der Waals surface area contributed by atoms with Gasteiger partial charge in [-0.15, -0.1) is 12.4 Å². The second-order valence-corrected chi connectivity index (χ2v) is 6.00. The summed E-state index contributed by atoms with van der Waals surface area (Å²) in [7, 11) is 0. The topological polar surface area (TPSA) is 41.5 Å². The van der Waals surface area contributed by atoms with Gasteiger partial charge in [0.1, 0.15) is 5.75 Å². The third kappa shape index (κ3) is 3.36. The molecular weight excluding hydrogens is 441 g/mol. The van der Waals surface area contributed by atoms with Crippen molar-refractivity contribution in [2.75, 3.05) is 19.8 Å². The zero-order chi connectivity index (χ0) is 11.7. The molecule has 0 aliphatic carbocycles. The van der Waals surface area contributed by atoms with Crippen LogP contribution in [0.5, 0.6) is 5.75 Å². The van der Waals surface area contributed by atoms with Crippen LogP contribution in [0.3, 0.4) is 0 Å². The minimum absolute atomic E-state index is 0. The number of benzene rings is 1. The van der Waals surface area contributed by atoms with E-state index in [2.05, 4.69) is 53.1 Å². The highest BCUT2D eigenvalue weighted by Crippen LogP contribution is 2.42. The van der Waals surface area contributed by atoms with E-state index in [1.807, 2.05) is 6.07 Å². The standard InChI is InChI=1S/C10H10Br3NO2.ClH/c11-5-3-6(12)10(15)9(13)8(5)7-4-16-2-1-14-7;/h3,7,14-15H,1-2,4H2;1H/t7-;/m0./s1. The van der Waals surface area contributed by atoms with Crippen LogP contribution in [0.25, 0.3) is 0 Å². The number of ether oxygens (including phenoxy) is 1. The maximum Gasteiger partial charge on any atom is 0.144 e. The number of phenols is 1. The molecule has 1 fully saturated rings. The van der Waals surface area contributed by atoms with Gasteiger partial charge in [-0.05, 0) is 37.9 Å². The highest BCUT2D eigenvalue weighted by molar-refractivity contribution is 9.11. The van der Waals surface area contributed by atoms with Crippen molar-refractivity contribution in [3.63, 3.8) is 0 Å². The predicted molar refractivity (Wildman–Crippen MR) is 80.0 cm³/mol. The van der Waals surface area contributed by atoms with Crippen LogP contribution in [0.1, 0.15) is 11.6 Å². The lowest BCUT2D eigenvalue weighted by Gasteiger charge is -2.26. The Balaban J connectivity index is 0.00000144. The van der Waals surface area contributed by atoms with Crippen LogP contribution in [0.15, 0.2) is 19.5 Å². The van der Waals surface area contributed by atoms with Gasteiger partial charge in [-0.2, -0.15) is 0 Å². The SMILES string of the molecule is Cl.Oc1c(Br)cc(Br)c([C@@H]2COCCN2)c1Br. The molecule has 1 atom stereocenters. The number of rotatable bonds is 1. The van der Waals surface area contributed by atoms with Crippen molar-refractivity contribution in [2.45, 2.75) is 6.04 Å². The molecule has 1 aromatic rings. The first-order chi connectivity index (χ1) is 7.61. The summed E-state index contributed by atoms with van der Waals surface area (Å²) in [6, 6.07) is 1.93. The molecule has 0 saturated carbocycles. The molecule has 1 aliphatic heterocycles. The molecule has 0 unspecified atom stereocenters. The minimum atomic E-state index is 0. The third-order valence-electron chi connectivity index (χ3n) is 2.45. The van der Waals surface area contributed by atoms with E-state index < -0.39 is 0 Å². The summed E-state index contributed by atoms with van der Waals surface area (Å²) in [6.45, 7) is 2.16. The summed E-state index contributed by atoms with van der Waals surface area (Å²) in [5.74, 6) is 0.213. The Kier molecular flexibility index (Phi) is 6.22. The normalized spacial score (nSPS) is 19.8. The van der Waals surface area contributed by atoms with Crippen LogP contribution in [0.4, 0.5) is 0 Å². The van der Waals surface area contributed by atoms with Crippen molar-refractivity contribution in [3.8, 4) is 5.75 Å². The van der Waals surface area contributed by atoms with Crippen LogP contribution in [-0.4, -0.2) is 24.9 Å². The quantitative estimate of drug-likeness (QED) is 0.682. The van der Waals surface area contributed by atoms with E-state index in [1.165, 1.54) is 0 Å². The molecule has 0 aromatic heterocycles. The molecule has 0 amide bonds. The van der Waals surface area contributed by atoms with Gasteiger partial charge in [0.15, 0.2) is 0 Å². The molecule has 0 radical (unpaired) electrons. The fourth-order valence-electron chi connectivity index (χ4n) is 1.66. The first kappa shape index (κ1) is 15.7. The lowest BCUT2D eigenvalue weighted by molar-refractivity contribution is 0.0764. The number of phenolic OH excluding ortho intramolecular Hbond substituents is 1. The molecule has 96 valence electrons. The second kappa shape index (κ2) is 6.73. The molecule has 0 spiro atoms. The second-order valence-electron chi connectivity index (χ2n) is 3.50. The van der Waals surface area contributed by atoms with Crippen molar-refractivity contribution in [1.29, 1.82) is 0 Å². The summed E-state index contributed by atoms with van der Waals surface area (Å²) >= 11 is 10.2. The number of nitrogens with one attached hydrogen (secondary N) is 1. The van der Waals surface area contributed by atoms with Gasteiger partial charge < -0.3 is 15.2 Å². The van der Waals surface area contributed by atoms with E-state index in [9.17, 15) is 5.11 Å². The summed E-state index contributed by atoms with van der Waals surface area (Å²) in [5, 5.41) is 13.2. The molecule has 1 saturated heterocycles. The number of hydrogen-bond acceptors (Lipinski definition) is 3. The number of halogens is 4. The van der Waals surface area contributed by atoms with Crippen molar-refractivity contribution in [2.24, 2.45) is 0 Å². The Morgan fingerprint density at radius 3 is 2.59 bits per heavy atom. The maximum atomic E-state index is 9.86. The molecule has 2 rings (SSSR count). The fraction of sp³-hybridized carbons (Fsp3) is 0.400. The molecule has 1 aliphatic rings. The van der Waals surface area contributed by atoms with Crippen LogP contribution in [0.2, 0.25) is 0 Å². The van der Waals surface area contributed by atoms with Gasteiger partial charge in [-0.25, -0.2) is 0 Å². The van der Waals surface area contributed by atoms with Gasteiger partial charge in [-0.1, -0.05) is 15.9 Å². The monoisotopic (exact) mass is 449 g/mol. The largest absolute Gasteiger partial charge is 0.506 e. The van der Waals surface area contributed by atoms with Crippen molar-refractivity contribution < 1.29 is 9.84 Å². The minimum Gasteiger partial charge on any atom is -0.506 e. The predicted octanol–water partition coefficient (Wildman–Crippen LogP) is 3.76. The summed E-state index contributed by atoms with van der Waals surface area (Å²) in [5.41, 5.74) is 0.986.